The van der Waals surface area contributed by atoms with Gasteiger partial charge in [-0.3, -0.25) is 0 Å². The Morgan fingerprint density at radius 3 is 2.28 bits per heavy atom. The van der Waals surface area contributed by atoms with Crippen molar-refractivity contribution >= 4 is 0 Å². The van der Waals surface area contributed by atoms with Crippen LogP contribution < -0.4 is 0 Å². The van der Waals surface area contributed by atoms with E-state index in [1.165, 1.54) is 109 Å². The third-order valence-electron chi connectivity index (χ3n) is 15.4. The van der Waals surface area contributed by atoms with Gasteiger partial charge >= 0.3 is 0 Å². The van der Waals surface area contributed by atoms with Crippen LogP contribution in [0.5, 0.6) is 0 Å². The van der Waals surface area contributed by atoms with Gasteiger partial charge in [0.15, 0.2) is 0 Å². The quantitative estimate of drug-likeness (QED) is 0.0939. The van der Waals surface area contributed by atoms with Crippen LogP contribution in [0.3, 0.4) is 0 Å². The van der Waals surface area contributed by atoms with Crippen molar-refractivity contribution in [2.45, 2.75) is 171 Å². The molecule has 0 heteroatoms. The van der Waals surface area contributed by atoms with E-state index in [-0.39, 0.29) is 0 Å². The molecule has 0 aromatic carbocycles. The zero-order valence-electron chi connectivity index (χ0n) is 34.8. The molecule has 0 heterocycles. The van der Waals surface area contributed by atoms with Gasteiger partial charge in [0.25, 0.3) is 0 Å². The van der Waals surface area contributed by atoms with Crippen LogP contribution in [0, 0.1) is 75.9 Å². The van der Waals surface area contributed by atoms with E-state index in [2.05, 4.69) is 112 Å². The smallest absolute Gasteiger partial charge is 0.000972 e. The molecule has 4 aliphatic rings. The van der Waals surface area contributed by atoms with Crippen molar-refractivity contribution in [3.8, 4) is 0 Å². The number of rotatable bonds is 19. The molecule has 4 aliphatic carbocycles. The van der Waals surface area contributed by atoms with E-state index in [1.807, 2.05) is 0 Å². The molecule has 0 saturated heterocycles. The van der Waals surface area contributed by atoms with Crippen molar-refractivity contribution < 1.29 is 0 Å². The molecule has 282 valence electrons. The number of hydrogen-bond donors (Lipinski definition) is 0. The second-order valence-electron chi connectivity index (χ2n) is 20.0. The van der Waals surface area contributed by atoms with Crippen LogP contribution in [0.1, 0.15) is 171 Å². The van der Waals surface area contributed by atoms with Gasteiger partial charge in [-0.15, -0.1) is 18.9 Å². The topological polar surface area (TPSA) is 0 Å². The molecule has 0 aromatic heterocycles. The highest BCUT2D eigenvalue weighted by Gasteiger charge is 2.42. The molecule has 0 amide bonds. The van der Waals surface area contributed by atoms with Crippen molar-refractivity contribution in [1.29, 1.82) is 0 Å². The molecular formula is C50H82. The predicted molar refractivity (Wildman–Crippen MR) is 222 cm³/mol. The Bertz CT molecular complexity index is 1200. The molecule has 2 fully saturated rings. The van der Waals surface area contributed by atoms with Gasteiger partial charge in [-0.05, 0) is 173 Å². The van der Waals surface area contributed by atoms with E-state index < -0.39 is 0 Å². The van der Waals surface area contributed by atoms with Crippen molar-refractivity contribution in [3.05, 3.63) is 66.5 Å². The Morgan fingerprint density at radius 1 is 0.960 bits per heavy atom. The maximum atomic E-state index is 4.45. The van der Waals surface area contributed by atoms with Crippen LogP contribution in [0.25, 0.3) is 0 Å². The SMILES string of the molecule is C=C=CC(CCC(CCC1CCCCC(C=C)(C(C)C)C(C)C1)C1CCC1CC1C(C)=C1C)C(C=C)CC1CC(C)C=C1CCCC(C)(C)C. The van der Waals surface area contributed by atoms with Crippen LogP contribution in [0.2, 0.25) is 0 Å². The normalized spacial score (nSPS) is 32.3. The first-order chi connectivity index (χ1) is 23.7. The molecule has 10 atom stereocenters. The second kappa shape index (κ2) is 18.5. The van der Waals surface area contributed by atoms with Crippen LogP contribution in [0.4, 0.5) is 0 Å². The van der Waals surface area contributed by atoms with Crippen LogP contribution in [-0.4, -0.2) is 0 Å². The molecule has 10 unspecified atom stereocenters. The van der Waals surface area contributed by atoms with Gasteiger partial charge in [-0.25, -0.2) is 0 Å². The third kappa shape index (κ3) is 10.8. The van der Waals surface area contributed by atoms with Gasteiger partial charge in [0, 0.05) is 5.92 Å². The summed E-state index contributed by atoms with van der Waals surface area (Å²) in [6.07, 6.45) is 32.9. The summed E-state index contributed by atoms with van der Waals surface area (Å²) < 4.78 is 0. The Hall–Kier alpha value is -1.52. The maximum Gasteiger partial charge on any atom is 0.000972 e. The monoisotopic (exact) mass is 683 g/mol. The van der Waals surface area contributed by atoms with Gasteiger partial charge in [0.05, 0.1) is 0 Å². The van der Waals surface area contributed by atoms with Crippen LogP contribution in [-0.2, 0) is 0 Å². The van der Waals surface area contributed by atoms with Crippen molar-refractivity contribution in [2.24, 2.45) is 75.9 Å². The average molecular weight is 683 g/mol. The van der Waals surface area contributed by atoms with Crippen LogP contribution >= 0.6 is 0 Å². The first kappa shape index (κ1) is 41.2. The van der Waals surface area contributed by atoms with Gasteiger partial charge in [-0.1, -0.05) is 116 Å². The van der Waals surface area contributed by atoms with E-state index in [1.54, 1.807) is 16.7 Å². The van der Waals surface area contributed by atoms with Gasteiger partial charge < -0.3 is 0 Å². The summed E-state index contributed by atoms with van der Waals surface area (Å²) in [5.74, 6) is 8.28. The van der Waals surface area contributed by atoms with E-state index in [0.717, 1.165) is 35.5 Å². The third-order valence-corrected chi connectivity index (χ3v) is 15.4. The summed E-state index contributed by atoms with van der Waals surface area (Å²) in [6, 6.07) is 0. The van der Waals surface area contributed by atoms with E-state index in [9.17, 15) is 0 Å². The molecule has 0 N–H and O–H groups in total. The Labute approximate surface area is 312 Å². The van der Waals surface area contributed by atoms with Crippen molar-refractivity contribution in [1.82, 2.24) is 0 Å². The number of allylic oxidation sites excluding steroid dienone is 7. The summed E-state index contributed by atoms with van der Waals surface area (Å²) in [4.78, 5) is 0. The predicted octanol–water partition coefficient (Wildman–Crippen LogP) is 15.5. The molecule has 0 radical (unpaired) electrons. The zero-order chi connectivity index (χ0) is 36.6. The highest BCUT2D eigenvalue weighted by atomic mass is 14.5. The molecule has 0 aliphatic heterocycles. The molecule has 0 aromatic rings. The summed E-state index contributed by atoms with van der Waals surface area (Å²) in [6.45, 7) is 34.8. The minimum atomic E-state index is 0.312. The lowest BCUT2D eigenvalue weighted by molar-refractivity contribution is 0.0657. The Balaban J connectivity index is 1.44. The zero-order valence-corrected chi connectivity index (χ0v) is 34.8. The fourth-order valence-electron chi connectivity index (χ4n) is 11.6. The highest BCUT2D eigenvalue weighted by molar-refractivity contribution is 5.37. The fraction of sp³-hybridized carbons (Fsp3) is 0.780. The largest absolute Gasteiger partial charge is 0.133 e. The molecule has 2 saturated carbocycles. The summed E-state index contributed by atoms with van der Waals surface area (Å²) in [5.41, 5.74) is 9.16. The average Bonchev–Trinajstić information content (AvgIpc) is 3.43. The first-order valence-corrected chi connectivity index (χ1v) is 21.7. The maximum absolute atomic E-state index is 4.45. The fourth-order valence-corrected chi connectivity index (χ4v) is 11.6. The Morgan fingerprint density at radius 2 is 1.70 bits per heavy atom. The summed E-state index contributed by atoms with van der Waals surface area (Å²) in [5, 5.41) is 0. The minimum Gasteiger partial charge on any atom is -0.133 e. The van der Waals surface area contributed by atoms with Crippen molar-refractivity contribution in [3.63, 3.8) is 0 Å². The standard InChI is InChI=1S/C50H82/c1-13-19-42(41(14-2)33-46-31-36(6)30-44(46)21-18-28-49(10,11)12)24-25-43(47-27-26-45(47)34-48-38(8)39(48)9)23-22-40-20-16-17-29-50(15-3,35(4)5)37(7)32-40/h14-15,19,30,35-37,40-43,45-48H,1-3,16-18,20-29,31-34H2,4-12H3. The van der Waals surface area contributed by atoms with E-state index in [4.69, 9.17) is 0 Å². The lowest BCUT2D eigenvalue weighted by atomic mass is 9.60. The lowest BCUT2D eigenvalue weighted by Crippen LogP contribution is -2.36. The highest BCUT2D eigenvalue weighted by Crippen LogP contribution is 2.53. The Kier molecular flexibility index (Phi) is 15.3. The van der Waals surface area contributed by atoms with Gasteiger partial charge in [0.2, 0.25) is 0 Å². The van der Waals surface area contributed by atoms with Crippen molar-refractivity contribution in [2.75, 3.05) is 0 Å². The molecule has 0 nitrogen and oxygen atoms in total. The second-order valence-corrected chi connectivity index (χ2v) is 20.0. The lowest BCUT2D eigenvalue weighted by Gasteiger charge is -2.45. The summed E-state index contributed by atoms with van der Waals surface area (Å²) in [7, 11) is 0. The van der Waals surface area contributed by atoms with Crippen LogP contribution in [0.15, 0.2) is 66.5 Å². The van der Waals surface area contributed by atoms with Gasteiger partial charge in [-0.2, -0.15) is 0 Å². The molecule has 0 bridgehead atoms. The van der Waals surface area contributed by atoms with Gasteiger partial charge in [0.1, 0.15) is 0 Å². The summed E-state index contributed by atoms with van der Waals surface area (Å²) >= 11 is 0. The minimum absolute atomic E-state index is 0.312. The molecule has 0 spiro atoms. The molecule has 50 heavy (non-hydrogen) atoms. The number of hydrogen-bond acceptors (Lipinski definition) is 0. The first-order valence-electron chi connectivity index (χ1n) is 21.7. The van der Waals surface area contributed by atoms with E-state index in [0.29, 0.717) is 40.4 Å². The molecular weight excluding hydrogens is 601 g/mol. The molecule has 4 rings (SSSR count). The van der Waals surface area contributed by atoms with E-state index >= 15 is 0 Å².